The van der Waals surface area contributed by atoms with Crippen LogP contribution in [-0.2, 0) is 4.74 Å². The summed E-state index contributed by atoms with van der Waals surface area (Å²) in [4.78, 5) is 13.9. The molecule has 1 spiro atoms. The molecule has 0 bridgehead atoms. The fraction of sp³-hybridized carbons (Fsp3) is 0.765. The summed E-state index contributed by atoms with van der Waals surface area (Å²) in [6, 6.07) is 0.361. The van der Waals surface area contributed by atoms with E-state index in [0.29, 0.717) is 17.6 Å². The number of aliphatic imine (C=N–C) groups is 1. The van der Waals surface area contributed by atoms with Gasteiger partial charge in [0.2, 0.25) is 0 Å². The second kappa shape index (κ2) is 6.52. The lowest BCUT2D eigenvalue weighted by Crippen LogP contribution is -2.62. The molecule has 0 aromatic carbocycles. The first-order valence-electron chi connectivity index (χ1n) is 9.07. The topological polar surface area (TPSA) is 67.0 Å². The largest absolute Gasteiger partial charge is 0.378 e. The number of hydrogen-bond acceptors (Lipinski definition) is 5. The van der Waals surface area contributed by atoms with Gasteiger partial charge in [0.1, 0.15) is 0 Å². The lowest BCUT2D eigenvalue weighted by molar-refractivity contribution is -0.162. The van der Waals surface area contributed by atoms with Gasteiger partial charge in [-0.25, -0.2) is 9.98 Å². The number of guanidine groups is 1. The maximum atomic E-state index is 6.35. The van der Waals surface area contributed by atoms with Crippen LogP contribution in [0.15, 0.2) is 16.6 Å². The first-order valence-corrected chi connectivity index (χ1v) is 9.95. The number of ether oxygens (including phenoxy) is 1. The molecule has 0 radical (unpaired) electrons. The van der Waals surface area contributed by atoms with E-state index >= 15 is 0 Å². The van der Waals surface area contributed by atoms with E-state index in [2.05, 4.69) is 21.7 Å². The summed E-state index contributed by atoms with van der Waals surface area (Å²) in [5.41, 5.74) is 6.64. The van der Waals surface area contributed by atoms with E-state index < -0.39 is 0 Å². The Balaban J connectivity index is 1.35. The summed E-state index contributed by atoms with van der Waals surface area (Å²) < 4.78 is 5.91. The van der Waals surface area contributed by atoms with Gasteiger partial charge in [-0.1, -0.05) is 6.42 Å². The summed E-state index contributed by atoms with van der Waals surface area (Å²) >= 11 is 1.70. The van der Waals surface area contributed by atoms with Crippen molar-refractivity contribution in [2.45, 2.75) is 44.8 Å². The lowest BCUT2D eigenvalue weighted by Gasteiger charge is -2.59. The van der Waals surface area contributed by atoms with Gasteiger partial charge in [0.15, 0.2) is 11.1 Å². The molecule has 7 heteroatoms. The van der Waals surface area contributed by atoms with Crippen LogP contribution in [0, 0.1) is 5.41 Å². The van der Waals surface area contributed by atoms with Crippen molar-refractivity contribution in [2.24, 2.45) is 16.1 Å². The van der Waals surface area contributed by atoms with E-state index in [4.69, 9.17) is 15.5 Å². The molecule has 2 saturated carbocycles. The molecule has 4 rings (SSSR count). The first-order chi connectivity index (χ1) is 11.7. The zero-order valence-electron chi connectivity index (χ0n) is 14.4. The highest BCUT2D eigenvalue weighted by molar-refractivity contribution is 7.13. The van der Waals surface area contributed by atoms with Gasteiger partial charge in [0.25, 0.3) is 0 Å². The Labute approximate surface area is 147 Å². The third-order valence-electron chi connectivity index (χ3n) is 5.98. The summed E-state index contributed by atoms with van der Waals surface area (Å²) in [6.07, 6.45) is 7.11. The molecular weight excluding hydrogens is 322 g/mol. The standard InChI is InChI=1S/C17H27N5OS/c1-2-23-14-12-13(17(14)4-3-5-17)20-15(18)21-7-9-22(10-8-21)16-19-6-11-24-16/h6,11,13-14H,2-5,7-10,12H2,1H3,(H2,18,20). The summed E-state index contributed by atoms with van der Waals surface area (Å²) in [7, 11) is 0. The number of hydrogen-bond donors (Lipinski definition) is 1. The fourth-order valence-electron chi connectivity index (χ4n) is 4.32. The molecular formula is C17H27N5OS. The van der Waals surface area contributed by atoms with Crippen molar-refractivity contribution in [3.8, 4) is 0 Å². The van der Waals surface area contributed by atoms with Crippen LogP contribution >= 0.6 is 11.3 Å². The van der Waals surface area contributed by atoms with Crippen molar-refractivity contribution in [2.75, 3.05) is 37.7 Å². The van der Waals surface area contributed by atoms with Crippen molar-refractivity contribution >= 4 is 22.4 Å². The average Bonchev–Trinajstić information content (AvgIpc) is 3.06. The predicted molar refractivity (Wildman–Crippen MR) is 97.6 cm³/mol. The predicted octanol–water partition coefficient (Wildman–Crippen LogP) is 1.93. The quantitative estimate of drug-likeness (QED) is 0.664. The number of aromatic nitrogens is 1. The second-order valence-corrected chi connectivity index (χ2v) is 7.93. The van der Waals surface area contributed by atoms with Gasteiger partial charge in [-0.15, -0.1) is 11.3 Å². The van der Waals surface area contributed by atoms with Crippen LogP contribution in [0.5, 0.6) is 0 Å². The van der Waals surface area contributed by atoms with Gasteiger partial charge >= 0.3 is 0 Å². The third-order valence-corrected chi connectivity index (χ3v) is 6.81. The van der Waals surface area contributed by atoms with Gasteiger partial charge in [-0.2, -0.15) is 0 Å². The second-order valence-electron chi connectivity index (χ2n) is 7.06. The van der Waals surface area contributed by atoms with Crippen molar-refractivity contribution in [1.29, 1.82) is 0 Å². The average molecular weight is 350 g/mol. The maximum Gasteiger partial charge on any atom is 0.191 e. The highest BCUT2D eigenvalue weighted by atomic mass is 32.1. The smallest absolute Gasteiger partial charge is 0.191 e. The molecule has 3 fully saturated rings. The van der Waals surface area contributed by atoms with E-state index in [9.17, 15) is 0 Å². The van der Waals surface area contributed by atoms with Crippen molar-refractivity contribution in [3.63, 3.8) is 0 Å². The van der Waals surface area contributed by atoms with Gasteiger partial charge in [0, 0.05) is 49.8 Å². The van der Waals surface area contributed by atoms with E-state index in [1.54, 1.807) is 11.3 Å². The minimum atomic E-state index is 0.295. The number of anilines is 1. The molecule has 2 unspecified atom stereocenters. The van der Waals surface area contributed by atoms with Crippen molar-refractivity contribution in [3.05, 3.63) is 11.6 Å². The highest BCUT2D eigenvalue weighted by Gasteiger charge is 2.59. The number of thiazole rings is 1. The number of piperazine rings is 1. The van der Waals surface area contributed by atoms with Crippen LogP contribution in [0.2, 0.25) is 0 Å². The van der Waals surface area contributed by atoms with Crippen molar-refractivity contribution in [1.82, 2.24) is 9.88 Å². The Hall–Kier alpha value is -1.34. The Morgan fingerprint density at radius 2 is 2.21 bits per heavy atom. The Morgan fingerprint density at radius 1 is 1.42 bits per heavy atom. The van der Waals surface area contributed by atoms with Crippen LogP contribution in [-0.4, -0.2) is 60.8 Å². The molecule has 1 aromatic rings. The summed E-state index contributed by atoms with van der Waals surface area (Å²) in [5, 5.41) is 3.14. The molecule has 2 heterocycles. The van der Waals surface area contributed by atoms with Crippen LogP contribution < -0.4 is 10.6 Å². The zero-order chi connectivity index (χ0) is 16.6. The lowest BCUT2D eigenvalue weighted by atomic mass is 9.51. The number of nitrogens with zero attached hydrogens (tertiary/aromatic N) is 4. The molecule has 3 aliphatic rings. The van der Waals surface area contributed by atoms with Gasteiger partial charge in [-0.05, 0) is 26.2 Å². The van der Waals surface area contributed by atoms with Gasteiger partial charge in [-0.3, -0.25) is 0 Å². The molecule has 1 aliphatic heterocycles. The SMILES string of the molecule is CCOC1CC(N=C(N)N2CCN(c3nccs3)CC2)C12CCC2. The monoisotopic (exact) mass is 349 g/mol. The van der Waals surface area contributed by atoms with Crippen molar-refractivity contribution < 1.29 is 4.74 Å². The van der Waals surface area contributed by atoms with Crippen LogP contribution in [0.25, 0.3) is 0 Å². The summed E-state index contributed by atoms with van der Waals surface area (Å²) in [6.45, 7) is 6.64. The van der Waals surface area contributed by atoms with Crippen LogP contribution in [0.1, 0.15) is 32.6 Å². The zero-order valence-corrected chi connectivity index (χ0v) is 15.2. The minimum absolute atomic E-state index is 0.295. The van der Waals surface area contributed by atoms with E-state index in [1.165, 1.54) is 19.3 Å². The van der Waals surface area contributed by atoms with E-state index in [1.807, 2.05) is 11.6 Å². The molecule has 2 N–H and O–H groups in total. The first kappa shape index (κ1) is 16.1. The number of nitrogens with two attached hydrogens (primary N) is 1. The Kier molecular flexibility index (Phi) is 4.39. The molecule has 0 amide bonds. The highest BCUT2D eigenvalue weighted by Crippen LogP contribution is 2.58. The van der Waals surface area contributed by atoms with E-state index in [-0.39, 0.29) is 0 Å². The molecule has 1 aromatic heterocycles. The molecule has 6 nitrogen and oxygen atoms in total. The Bertz CT molecular complexity index is 578. The van der Waals surface area contributed by atoms with Crippen LogP contribution in [0.4, 0.5) is 5.13 Å². The van der Waals surface area contributed by atoms with E-state index in [0.717, 1.165) is 50.3 Å². The molecule has 2 aliphatic carbocycles. The summed E-state index contributed by atoms with van der Waals surface area (Å²) in [5.74, 6) is 0.722. The molecule has 24 heavy (non-hydrogen) atoms. The molecule has 132 valence electrons. The fourth-order valence-corrected chi connectivity index (χ4v) is 5.02. The van der Waals surface area contributed by atoms with Gasteiger partial charge in [0.05, 0.1) is 12.1 Å². The molecule has 2 atom stereocenters. The number of rotatable bonds is 4. The Morgan fingerprint density at radius 3 is 2.79 bits per heavy atom. The maximum absolute atomic E-state index is 6.35. The normalized spacial score (nSPS) is 29.5. The minimum Gasteiger partial charge on any atom is -0.378 e. The third kappa shape index (κ3) is 2.67. The molecule has 1 saturated heterocycles. The van der Waals surface area contributed by atoms with Crippen LogP contribution in [0.3, 0.4) is 0 Å². The van der Waals surface area contributed by atoms with Gasteiger partial charge < -0.3 is 20.3 Å².